The van der Waals surface area contributed by atoms with Crippen LogP contribution in [0.25, 0.3) is 0 Å². The predicted molar refractivity (Wildman–Crippen MR) is 123 cm³/mol. The summed E-state index contributed by atoms with van der Waals surface area (Å²) in [7, 11) is -1.46. The number of guanidine groups is 1. The first-order valence-corrected chi connectivity index (χ1v) is 11.0. The number of nitrogens with one attached hydrogen (secondary N) is 2. The molecule has 1 saturated heterocycles. The minimum Gasteiger partial charge on any atom is -0.355 e. The molecule has 8 heteroatoms. The smallest absolute Gasteiger partial charge is 0.191 e. The molecule has 1 fully saturated rings. The lowest BCUT2D eigenvalue weighted by Crippen LogP contribution is -2.47. The van der Waals surface area contributed by atoms with Crippen LogP contribution in [0.3, 0.4) is 0 Å². The van der Waals surface area contributed by atoms with Crippen molar-refractivity contribution in [2.24, 2.45) is 4.99 Å². The summed E-state index contributed by atoms with van der Waals surface area (Å²) in [6.07, 6.45) is 3.88. The van der Waals surface area contributed by atoms with Gasteiger partial charge >= 0.3 is 0 Å². The molecule has 6 nitrogen and oxygen atoms in total. The summed E-state index contributed by atoms with van der Waals surface area (Å²) >= 11 is 0. The largest absolute Gasteiger partial charge is 0.355 e. The van der Waals surface area contributed by atoms with Crippen molar-refractivity contribution < 1.29 is 8.42 Å². The van der Waals surface area contributed by atoms with Gasteiger partial charge in [0.2, 0.25) is 0 Å². The van der Waals surface area contributed by atoms with Crippen molar-refractivity contribution in [1.29, 1.82) is 0 Å². The van der Waals surface area contributed by atoms with E-state index in [2.05, 4.69) is 44.8 Å². The van der Waals surface area contributed by atoms with Gasteiger partial charge in [-0.25, -0.2) is 8.42 Å². The standard InChI is InChI=1S/C19H32N4O2S.HI/c1-19(2,26(4,24)25)15-22-18(20-3)21-13-16-7-9-17(10-8-16)14-23-11-5-6-12-23;/h7-10H,5-6,11-15H2,1-4H3,(H2,20,21,22);1H. The first-order chi connectivity index (χ1) is 12.2. The number of rotatable bonds is 7. The first-order valence-electron chi connectivity index (χ1n) is 9.15. The molecule has 1 aliphatic heterocycles. The van der Waals surface area contributed by atoms with E-state index in [-0.39, 0.29) is 24.0 Å². The highest BCUT2D eigenvalue weighted by Gasteiger charge is 2.30. The zero-order valence-electron chi connectivity index (χ0n) is 16.8. The zero-order chi connectivity index (χ0) is 19.2. The van der Waals surface area contributed by atoms with Crippen LogP contribution in [-0.2, 0) is 22.9 Å². The molecule has 0 bridgehead atoms. The van der Waals surface area contributed by atoms with Crippen LogP contribution in [-0.4, -0.2) is 57.0 Å². The van der Waals surface area contributed by atoms with E-state index in [1.807, 2.05) is 0 Å². The van der Waals surface area contributed by atoms with E-state index >= 15 is 0 Å². The van der Waals surface area contributed by atoms with E-state index in [1.54, 1.807) is 20.9 Å². The van der Waals surface area contributed by atoms with Crippen LogP contribution < -0.4 is 10.6 Å². The van der Waals surface area contributed by atoms with Gasteiger partial charge in [-0.15, -0.1) is 24.0 Å². The summed E-state index contributed by atoms with van der Waals surface area (Å²) in [5, 5.41) is 6.34. The quantitative estimate of drug-likeness (QED) is 0.336. The molecule has 1 heterocycles. The first kappa shape index (κ1) is 24.2. The topological polar surface area (TPSA) is 73.8 Å². The fourth-order valence-electron chi connectivity index (χ4n) is 2.80. The van der Waals surface area contributed by atoms with E-state index in [0.717, 1.165) is 6.54 Å². The second kappa shape index (κ2) is 10.6. The van der Waals surface area contributed by atoms with Crippen molar-refractivity contribution >= 4 is 39.8 Å². The summed E-state index contributed by atoms with van der Waals surface area (Å²) in [5.74, 6) is 0.600. The van der Waals surface area contributed by atoms with Gasteiger partial charge in [0.25, 0.3) is 0 Å². The third kappa shape index (κ3) is 7.57. The second-order valence-electron chi connectivity index (χ2n) is 7.61. The van der Waals surface area contributed by atoms with Crippen molar-refractivity contribution in [3.8, 4) is 0 Å². The molecule has 0 aliphatic carbocycles. The number of benzene rings is 1. The monoisotopic (exact) mass is 508 g/mol. The van der Waals surface area contributed by atoms with Gasteiger partial charge in [-0.05, 0) is 50.9 Å². The van der Waals surface area contributed by atoms with Crippen LogP contribution in [0.15, 0.2) is 29.3 Å². The number of sulfone groups is 1. The Morgan fingerprint density at radius 2 is 1.67 bits per heavy atom. The van der Waals surface area contributed by atoms with E-state index in [4.69, 9.17) is 0 Å². The Balaban J connectivity index is 0.00000364. The van der Waals surface area contributed by atoms with E-state index in [9.17, 15) is 8.42 Å². The molecule has 1 aliphatic rings. The third-order valence-electron chi connectivity index (χ3n) is 5.00. The lowest BCUT2D eigenvalue weighted by Gasteiger charge is -2.24. The Kier molecular flexibility index (Phi) is 9.50. The molecule has 1 aromatic rings. The highest BCUT2D eigenvalue weighted by molar-refractivity contribution is 14.0. The van der Waals surface area contributed by atoms with Gasteiger partial charge in [0.05, 0.1) is 4.75 Å². The lowest BCUT2D eigenvalue weighted by atomic mass is 10.1. The Labute approximate surface area is 181 Å². The summed E-state index contributed by atoms with van der Waals surface area (Å²) in [5.41, 5.74) is 2.51. The van der Waals surface area contributed by atoms with E-state index < -0.39 is 14.6 Å². The molecule has 0 aromatic heterocycles. The molecule has 2 rings (SSSR count). The van der Waals surface area contributed by atoms with E-state index in [1.165, 1.54) is 43.3 Å². The fourth-order valence-corrected chi connectivity index (χ4v) is 3.13. The number of hydrogen-bond donors (Lipinski definition) is 2. The molecular formula is C19H33IN4O2S. The number of nitrogens with zero attached hydrogens (tertiary/aromatic N) is 2. The molecule has 27 heavy (non-hydrogen) atoms. The van der Waals surface area contributed by atoms with Crippen LogP contribution in [0.2, 0.25) is 0 Å². The molecule has 0 unspecified atom stereocenters. The van der Waals surface area contributed by atoms with Gasteiger partial charge < -0.3 is 10.6 Å². The van der Waals surface area contributed by atoms with Gasteiger partial charge in [-0.1, -0.05) is 24.3 Å². The van der Waals surface area contributed by atoms with Crippen molar-refractivity contribution in [2.45, 2.75) is 44.5 Å². The summed E-state index contributed by atoms with van der Waals surface area (Å²) in [4.78, 5) is 6.66. The molecule has 154 valence electrons. The van der Waals surface area contributed by atoms with Crippen molar-refractivity contribution in [1.82, 2.24) is 15.5 Å². The van der Waals surface area contributed by atoms with Crippen molar-refractivity contribution in [3.63, 3.8) is 0 Å². The van der Waals surface area contributed by atoms with Crippen molar-refractivity contribution in [3.05, 3.63) is 35.4 Å². The maximum Gasteiger partial charge on any atom is 0.191 e. The minimum atomic E-state index is -3.14. The maximum absolute atomic E-state index is 11.8. The zero-order valence-corrected chi connectivity index (χ0v) is 19.9. The van der Waals surface area contributed by atoms with Crippen LogP contribution >= 0.6 is 24.0 Å². The van der Waals surface area contributed by atoms with Crippen LogP contribution in [0.5, 0.6) is 0 Å². The maximum atomic E-state index is 11.8. The number of halogens is 1. The Morgan fingerprint density at radius 3 is 2.19 bits per heavy atom. The average Bonchev–Trinajstić information content (AvgIpc) is 3.08. The summed E-state index contributed by atoms with van der Waals surface area (Å²) in [6.45, 7) is 7.80. The molecule has 0 atom stereocenters. The number of aliphatic imine (C=N–C) groups is 1. The van der Waals surface area contributed by atoms with Crippen LogP contribution in [0, 0.1) is 0 Å². The highest BCUT2D eigenvalue weighted by Crippen LogP contribution is 2.14. The van der Waals surface area contributed by atoms with Gasteiger partial charge in [0, 0.05) is 32.9 Å². The molecule has 2 N–H and O–H groups in total. The minimum absolute atomic E-state index is 0. The Bertz CT molecular complexity index is 712. The Morgan fingerprint density at radius 1 is 1.11 bits per heavy atom. The van der Waals surface area contributed by atoms with E-state index in [0.29, 0.717) is 19.0 Å². The lowest BCUT2D eigenvalue weighted by molar-refractivity contribution is 0.331. The van der Waals surface area contributed by atoms with Gasteiger partial charge in [0.1, 0.15) is 0 Å². The van der Waals surface area contributed by atoms with Crippen LogP contribution in [0.4, 0.5) is 0 Å². The summed E-state index contributed by atoms with van der Waals surface area (Å²) < 4.78 is 22.7. The summed E-state index contributed by atoms with van der Waals surface area (Å²) in [6, 6.07) is 8.62. The predicted octanol–water partition coefficient (Wildman–Crippen LogP) is 2.39. The third-order valence-corrected chi connectivity index (χ3v) is 7.15. The SMILES string of the molecule is CN=C(NCc1ccc(CN2CCCC2)cc1)NCC(C)(C)S(C)(=O)=O.I. The van der Waals surface area contributed by atoms with Gasteiger partial charge in [0.15, 0.2) is 15.8 Å². The molecule has 0 saturated carbocycles. The normalized spacial score (nSPS) is 16.1. The molecule has 0 radical (unpaired) electrons. The highest BCUT2D eigenvalue weighted by atomic mass is 127. The van der Waals surface area contributed by atoms with Crippen LogP contribution in [0.1, 0.15) is 37.8 Å². The Hall–Kier alpha value is -0.870. The molecule has 1 aromatic carbocycles. The number of likely N-dealkylation sites (tertiary alicyclic amines) is 1. The average molecular weight is 508 g/mol. The molecule has 0 amide bonds. The molecular weight excluding hydrogens is 475 g/mol. The van der Waals surface area contributed by atoms with Gasteiger partial charge in [-0.2, -0.15) is 0 Å². The van der Waals surface area contributed by atoms with Crippen molar-refractivity contribution in [2.75, 3.05) is 32.9 Å². The fraction of sp³-hybridized carbons (Fsp3) is 0.632. The number of hydrogen-bond acceptors (Lipinski definition) is 4. The second-order valence-corrected chi connectivity index (χ2v) is 10.3. The molecule has 0 spiro atoms. The van der Waals surface area contributed by atoms with Gasteiger partial charge in [-0.3, -0.25) is 9.89 Å².